The van der Waals surface area contributed by atoms with Gasteiger partial charge in [0.05, 0.1) is 37.8 Å². The number of hydrogen-bond donors (Lipinski definition) is 24. The third kappa shape index (κ3) is 31.9. The van der Waals surface area contributed by atoms with Crippen molar-refractivity contribution in [3.63, 3.8) is 0 Å². The fraction of sp³-hybridized carbons (Fsp3) is 0.461. The van der Waals surface area contributed by atoms with Crippen LogP contribution >= 0.6 is 41.2 Å². The van der Waals surface area contributed by atoms with Crippen LogP contribution in [0.2, 0.25) is 0 Å². The Hall–Kier alpha value is -10.6. The summed E-state index contributed by atoms with van der Waals surface area (Å²) in [4.78, 5) is 212. The topological polar surface area (TPSA) is 613 Å². The van der Waals surface area contributed by atoms with E-state index in [1.54, 1.807) is 115 Å². The Kier molecular flexibility index (Phi) is 40.8. The summed E-state index contributed by atoms with van der Waals surface area (Å²) < 4.78 is 0.631. The molecule has 0 aliphatic rings. The minimum absolute atomic E-state index is 0.0794. The SMILES string of the molecule is C[C@H](N)C(=O)NCC(=O)N[C@@H](CS)C(=O)N[C@@H](CCCCN)C(=O)N[C@@H](CC(N)=O)C(=O)N[C@@H](Cc1ccccc1)C(=O)N[C@@H](Cc1ccccc1)C(=O)N[C@@H](Cc1c[nH]c2ccc(Br)cc12)C(=O)N[C@@H](CCCCN)C(=O)N[C@H](C(=O)N[C@@H](Cc1ccccc1)C(=O)N[C@H](C(=O)N[C@@H](CO)C(=O)N[C@@H](CS)C(=O)O)[C@@H](C)O)[C@@H](C)O. The molecule has 0 saturated heterocycles. The first-order chi connectivity index (χ1) is 55.2. The van der Waals surface area contributed by atoms with E-state index >= 15 is 14.4 Å². The highest BCUT2D eigenvalue weighted by Gasteiger charge is 2.39. The largest absolute Gasteiger partial charge is 0.480 e. The number of carboxylic acid groups (broad SMARTS) is 1. The van der Waals surface area contributed by atoms with Gasteiger partial charge in [0.1, 0.15) is 72.5 Å². The highest BCUT2D eigenvalue weighted by atomic mass is 79.9. The van der Waals surface area contributed by atoms with Crippen molar-refractivity contribution < 1.29 is 92.3 Å². The Balaban J connectivity index is 1.48. The summed E-state index contributed by atoms with van der Waals surface area (Å²) >= 11 is 11.6. The normalized spacial score (nSPS) is 15.0. The van der Waals surface area contributed by atoms with Crippen molar-refractivity contribution in [2.24, 2.45) is 22.9 Å². The van der Waals surface area contributed by atoms with E-state index in [0.717, 1.165) is 13.8 Å². The number of benzene rings is 4. The van der Waals surface area contributed by atoms with Crippen LogP contribution in [0.5, 0.6) is 0 Å². The number of aliphatic hydroxyl groups excluding tert-OH is 3. The Labute approximate surface area is 688 Å². The number of carboxylic acids is 1. The van der Waals surface area contributed by atoms with Crippen molar-refractivity contribution in [2.45, 2.75) is 182 Å². The van der Waals surface area contributed by atoms with Crippen LogP contribution in [-0.4, -0.2) is 243 Å². The van der Waals surface area contributed by atoms with Crippen molar-refractivity contribution >= 4 is 141 Å². The second-order valence-corrected chi connectivity index (χ2v) is 29.2. The first kappa shape index (κ1) is 96.0. The van der Waals surface area contributed by atoms with Crippen LogP contribution in [0.4, 0.5) is 0 Å². The summed E-state index contributed by atoms with van der Waals surface area (Å²) in [6.45, 7) is 2.33. The third-order valence-corrected chi connectivity index (χ3v) is 19.4. The summed E-state index contributed by atoms with van der Waals surface area (Å²) in [7, 11) is 0. The minimum atomic E-state index is -1.92. The van der Waals surface area contributed by atoms with Gasteiger partial charge in [0, 0.05) is 58.8 Å². The lowest BCUT2D eigenvalue weighted by Crippen LogP contribution is -2.63. The smallest absolute Gasteiger partial charge is 0.327 e. The standard InChI is InChI=1S/C76H105BrN18O19S2/c1-40(80)64(101)83-36-61(100)84-58(38-115)73(110)86-50(23-13-15-27-78)65(102)90-56(34-60(81)99)70(107)88-52(29-43-17-7-4-8-18-43)67(104)87-53(30-44-19-9-5-10-20-44)68(105)89-55(32-46-35-82-49-26-25-47(77)33-48(46)49)69(106)85-51(24-14-16-28-79)66(103)94-62(41(2)97)74(111)91-54(31-45-21-11-6-12-22-45)71(108)95-63(42(3)98)75(112)92-57(37-96)72(109)93-59(39-116)76(113)114/h4-12,17-22,25-26,33,35,40-42,50-59,62-63,82,96-98,115-116H,13-16,23-24,27-32,34,36-39,78-80H2,1-3H3,(H2,81,99)(H,83,101)(H,84,100)(H,85,106)(H,86,110)(H,87,104)(H,88,107)(H,89,105)(H,90,102)(H,91,111)(H,92,112)(H,93,109)(H,94,103)(H,95,108)(H,113,114)/t40-,41+,42+,50-,51-,52-,53-,54-,55-,56-,57-,58-,59-,62-,63-/m0/s1. The molecule has 40 heteroatoms. The number of nitrogens with two attached hydrogens (primary N) is 4. The van der Waals surface area contributed by atoms with E-state index in [9.17, 15) is 78.0 Å². The van der Waals surface area contributed by atoms with Crippen LogP contribution in [0.15, 0.2) is 120 Å². The lowest BCUT2D eigenvalue weighted by molar-refractivity contribution is -0.142. The molecule has 116 heavy (non-hydrogen) atoms. The summed E-state index contributed by atoms with van der Waals surface area (Å²) in [5.41, 5.74) is 25.4. The molecule has 26 N–H and O–H groups in total. The number of aromatic nitrogens is 1. The number of carbonyl (C=O) groups excluding carboxylic acids is 14. The molecule has 15 atom stereocenters. The van der Waals surface area contributed by atoms with Gasteiger partial charge in [0.15, 0.2) is 0 Å². The number of H-pyrrole nitrogens is 1. The first-order valence-corrected chi connectivity index (χ1v) is 39.4. The number of aromatic amines is 1. The maximum absolute atomic E-state index is 15.4. The van der Waals surface area contributed by atoms with Crippen LogP contribution in [-0.2, 0) is 97.6 Å². The Morgan fingerprint density at radius 1 is 0.440 bits per heavy atom. The van der Waals surface area contributed by atoms with Gasteiger partial charge >= 0.3 is 5.97 Å². The van der Waals surface area contributed by atoms with Gasteiger partial charge in [-0.1, -0.05) is 107 Å². The molecule has 0 fully saturated rings. The molecule has 0 bridgehead atoms. The molecular weight excluding hydrogens is 1610 g/mol. The Morgan fingerprint density at radius 2 is 0.802 bits per heavy atom. The van der Waals surface area contributed by atoms with Gasteiger partial charge in [0.2, 0.25) is 82.7 Å². The highest BCUT2D eigenvalue weighted by molar-refractivity contribution is 9.10. The number of aliphatic carboxylic acids is 1. The number of hydrogen-bond acceptors (Lipinski definition) is 23. The number of halogens is 1. The lowest BCUT2D eigenvalue weighted by atomic mass is 10.00. The molecule has 632 valence electrons. The van der Waals surface area contributed by atoms with Gasteiger partial charge in [-0.3, -0.25) is 67.1 Å². The van der Waals surface area contributed by atoms with Crippen LogP contribution in [0.3, 0.4) is 0 Å². The summed E-state index contributed by atoms with van der Waals surface area (Å²) in [5.74, 6) is -16.4. The van der Waals surface area contributed by atoms with Gasteiger partial charge in [-0.25, -0.2) is 4.79 Å². The van der Waals surface area contributed by atoms with E-state index in [1.807, 2.05) is 0 Å². The van der Waals surface area contributed by atoms with Gasteiger partial charge in [-0.2, -0.15) is 25.3 Å². The molecule has 0 unspecified atom stereocenters. The summed E-state index contributed by atoms with van der Waals surface area (Å²) in [5, 5.41) is 74.3. The minimum Gasteiger partial charge on any atom is -0.480 e. The van der Waals surface area contributed by atoms with E-state index in [0.29, 0.717) is 50.5 Å². The number of carbonyl (C=O) groups is 15. The highest BCUT2D eigenvalue weighted by Crippen LogP contribution is 2.25. The summed E-state index contributed by atoms with van der Waals surface area (Å²) in [6.07, 6.45) is -3.07. The first-order valence-electron chi connectivity index (χ1n) is 37.3. The molecule has 0 spiro atoms. The molecule has 0 radical (unpaired) electrons. The van der Waals surface area contributed by atoms with Crippen molar-refractivity contribution in [3.8, 4) is 0 Å². The van der Waals surface area contributed by atoms with Gasteiger partial charge in [-0.15, -0.1) is 0 Å². The molecule has 0 aliphatic carbocycles. The molecule has 4 aromatic carbocycles. The quantitative estimate of drug-likeness (QED) is 0.0129. The molecule has 0 aliphatic heterocycles. The molecule has 14 amide bonds. The van der Waals surface area contributed by atoms with Crippen molar-refractivity contribution in [2.75, 3.05) is 37.7 Å². The molecular formula is C76H105BrN18O19S2. The average molecular weight is 1720 g/mol. The van der Waals surface area contributed by atoms with Crippen molar-refractivity contribution in [1.29, 1.82) is 0 Å². The molecule has 37 nitrogen and oxygen atoms in total. The van der Waals surface area contributed by atoms with E-state index in [2.05, 4.69) is 115 Å². The monoisotopic (exact) mass is 1720 g/mol. The zero-order chi connectivity index (χ0) is 85.7. The predicted octanol–water partition coefficient (Wildman–Crippen LogP) is -4.69. The van der Waals surface area contributed by atoms with Crippen LogP contribution in [0.1, 0.15) is 88.0 Å². The van der Waals surface area contributed by atoms with E-state index < -0.39 is 199 Å². The van der Waals surface area contributed by atoms with Crippen molar-refractivity contribution in [3.05, 3.63) is 142 Å². The number of fused-ring (bicyclic) bond motifs is 1. The average Bonchev–Trinajstić information content (AvgIpc) is 1.64. The summed E-state index contributed by atoms with van der Waals surface area (Å²) in [6, 6.07) is 9.06. The number of thiol groups is 2. The lowest BCUT2D eigenvalue weighted by Gasteiger charge is -2.29. The second-order valence-electron chi connectivity index (χ2n) is 27.5. The number of rotatable bonds is 50. The number of unbranched alkanes of at least 4 members (excludes halogenated alkanes) is 2. The maximum atomic E-state index is 15.4. The van der Waals surface area contributed by atoms with E-state index in [1.165, 1.54) is 6.92 Å². The van der Waals surface area contributed by atoms with Crippen molar-refractivity contribution in [1.82, 2.24) is 74.1 Å². The van der Waals surface area contributed by atoms with Gasteiger partial charge in [0.25, 0.3) is 0 Å². The predicted molar refractivity (Wildman–Crippen MR) is 435 cm³/mol. The number of amides is 14. The number of aliphatic hydroxyl groups is 3. The zero-order valence-electron chi connectivity index (χ0n) is 64.1. The molecule has 5 aromatic rings. The number of nitrogens with one attached hydrogen (secondary N) is 14. The van der Waals surface area contributed by atoms with Gasteiger partial charge in [-0.05, 0) is 113 Å². The fourth-order valence-electron chi connectivity index (χ4n) is 11.8. The van der Waals surface area contributed by atoms with Gasteiger partial charge < -0.3 is 117 Å². The van der Waals surface area contributed by atoms with Crippen LogP contribution < -0.4 is 92.1 Å². The van der Waals surface area contributed by atoms with Crippen LogP contribution in [0, 0.1) is 0 Å². The van der Waals surface area contributed by atoms with E-state index in [-0.39, 0.29) is 76.0 Å². The third-order valence-electron chi connectivity index (χ3n) is 18.1. The molecule has 5 rings (SSSR count). The zero-order valence-corrected chi connectivity index (χ0v) is 67.5. The molecule has 1 aromatic heterocycles. The number of primary amides is 1. The maximum Gasteiger partial charge on any atom is 0.327 e. The second kappa shape index (κ2) is 49.4. The Bertz CT molecular complexity index is 4160. The molecule has 1 heterocycles. The van der Waals surface area contributed by atoms with E-state index in [4.69, 9.17) is 22.9 Å². The van der Waals surface area contributed by atoms with Crippen LogP contribution in [0.25, 0.3) is 10.9 Å². The molecule has 0 saturated carbocycles. The fourth-order valence-corrected chi connectivity index (χ4v) is 12.6. The Morgan fingerprint density at radius 3 is 1.21 bits per heavy atom.